The quantitative estimate of drug-likeness (QED) is 0.720. The largest absolute Gasteiger partial charge is 0.377 e. The zero-order chi connectivity index (χ0) is 11.4. The van der Waals surface area contributed by atoms with Gasteiger partial charge in [-0.3, -0.25) is 4.90 Å². The first kappa shape index (κ1) is 12.6. The molecule has 1 aliphatic rings. The van der Waals surface area contributed by atoms with E-state index in [9.17, 15) is 8.78 Å². The average Bonchev–Trinajstić information content (AvgIpc) is 2.56. The van der Waals surface area contributed by atoms with Crippen molar-refractivity contribution in [1.82, 2.24) is 4.90 Å². The molecular weight excluding hydrogens is 200 g/mol. The summed E-state index contributed by atoms with van der Waals surface area (Å²) in [7, 11) is 1.86. The standard InChI is InChI=1S/C11H19F2NO/c1-4-8(2)15-7-10-5-9(11(12)13)6-14(10)3/h8,10H,4-7H2,1-3H3. The van der Waals surface area contributed by atoms with Gasteiger partial charge in [-0.15, -0.1) is 0 Å². The van der Waals surface area contributed by atoms with E-state index in [1.165, 1.54) is 0 Å². The summed E-state index contributed by atoms with van der Waals surface area (Å²) in [6.07, 6.45) is 0.0841. The van der Waals surface area contributed by atoms with Crippen LogP contribution in [0.5, 0.6) is 0 Å². The van der Waals surface area contributed by atoms with Crippen molar-refractivity contribution in [3.8, 4) is 0 Å². The van der Waals surface area contributed by atoms with E-state index < -0.39 is 6.08 Å². The van der Waals surface area contributed by atoms with Crippen molar-refractivity contribution in [2.24, 2.45) is 0 Å². The molecule has 1 aliphatic heterocycles. The normalized spacial score (nSPS) is 24.6. The molecule has 88 valence electrons. The first-order valence-electron chi connectivity index (χ1n) is 5.39. The molecule has 4 heteroatoms. The SMILES string of the molecule is CCC(C)OCC1CC(=C(F)F)CN1C. The molecule has 1 heterocycles. The Morgan fingerprint density at radius 1 is 1.60 bits per heavy atom. The molecule has 0 aromatic rings. The van der Waals surface area contributed by atoms with E-state index in [1.807, 2.05) is 18.9 Å². The van der Waals surface area contributed by atoms with E-state index in [-0.39, 0.29) is 17.7 Å². The summed E-state index contributed by atoms with van der Waals surface area (Å²) in [5.74, 6) is 0. The fourth-order valence-electron chi connectivity index (χ4n) is 1.65. The molecule has 0 spiro atoms. The highest BCUT2D eigenvalue weighted by Crippen LogP contribution is 2.25. The number of ether oxygens (including phenoxy) is 1. The number of hydrogen-bond donors (Lipinski definition) is 0. The van der Waals surface area contributed by atoms with Gasteiger partial charge in [0.25, 0.3) is 6.08 Å². The molecule has 0 aliphatic carbocycles. The van der Waals surface area contributed by atoms with Crippen molar-refractivity contribution >= 4 is 0 Å². The van der Waals surface area contributed by atoms with E-state index in [1.54, 1.807) is 0 Å². The Balaban J connectivity index is 2.41. The summed E-state index contributed by atoms with van der Waals surface area (Å²) >= 11 is 0. The second-order valence-corrected chi connectivity index (χ2v) is 4.19. The van der Waals surface area contributed by atoms with Crippen LogP contribution in [0.1, 0.15) is 26.7 Å². The third-order valence-electron chi connectivity index (χ3n) is 2.96. The maximum absolute atomic E-state index is 12.4. The van der Waals surface area contributed by atoms with Crippen LogP contribution in [0.3, 0.4) is 0 Å². The van der Waals surface area contributed by atoms with E-state index in [0.717, 1.165) is 6.42 Å². The first-order chi connectivity index (χ1) is 7.04. The van der Waals surface area contributed by atoms with Gasteiger partial charge in [-0.2, -0.15) is 8.78 Å². The molecule has 1 saturated heterocycles. The van der Waals surface area contributed by atoms with E-state index >= 15 is 0 Å². The molecule has 15 heavy (non-hydrogen) atoms. The zero-order valence-corrected chi connectivity index (χ0v) is 9.59. The second-order valence-electron chi connectivity index (χ2n) is 4.19. The molecule has 0 amide bonds. The Morgan fingerprint density at radius 3 is 2.73 bits per heavy atom. The summed E-state index contributed by atoms with van der Waals surface area (Å²) < 4.78 is 30.3. The molecule has 2 unspecified atom stereocenters. The van der Waals surface area contributed by atoms with Crippen LogP contribution in [0.15, 0.2) is 11.7 Å². The van der Waals surface area contributed by atoms with Crippen LogP contribution in [0.4, 0.5) is 8.78 Å². The van der Waals surface area contributed by atoms with E-state index in [4.69, 9.17) is 4.74 Å². The van der Waals surface area contributed by atoms with Crippen molar-refractivity contribution in [3.05, 3.63) is 11.7 Å². The van der Waals surface area contributed by atoms with Gasteiger partial charge in [0.1, 0.15) is 0 Å². The highest BCUT2D eigenvalue weighted by molar-refractivity contribution is 5.12. The van der Waals surface area contributed by atoms with Gasteiger partial charge in [0, 0.05) is 18.2 Å². The van der Waals surface area contributed by atoms with Crippen LogP contribution in [-0.2, 0) is 4.74 Å². The monoisotopic (exact) mass is 219 g/mol. The molecule has 1 rings (SSSR count). The van der Waals surface area contributed by atoms with Gasteiger partial charge in [-0.1, -0.05) is 6.92 Å². The zero-order valence-electron chi connectivity index (χ0n) is 9.59. The van der Waals surface area contributed by atoms with Crippen LogP contribution in [-0.4, -0.2) is 37.2 Å². The molecule has 0 aromatic carbocycles. The molecule has 0 radical (unpaired) electrons. The van der Waals surface area contributed by atoms with Gasteiger partial charge in [-0.05, 0) is 26.8 Å². The Morgan fingerprint density at radius 2 is 2.27 bits per heavy atom. The van der Waals surface area contributed by atoms with Gasteiger partial charge in [0.2, 0.25) is 0 Å². The van der Waals surface area contributed by atoms with Gasteiger partial charge >= 0.3 is 0 Å². The van der Waals surface area contributed by atoms with E-state index in [0.29, 0.717) is 19.6 Å². The minimum Gasteiger partial charge on any atom is -0.377 e. The van der Waals surface area contributed by atoms with Crippen LogP contribution in [0.25, 0.3) is 0 Å². The molecule has 0 aromatic heterocycles. The van der Waals surface area contributed by atoms with Crippen LogP contribution in [0, 0.1) is 0 Å². The molecule has 2 nitrogen and oxygen atoms in total. The highest BCUT2D eigenvalue weighted by Gasteiger charge is 2.28. The molecule has 2 atom stereocenters. The van der Waals surface area contributed by atoms with Crippen molar-refractivity contribution in [3.63, 3.8) is 0 Å². The minimum atomic E-state index is -1.52. The summed E-state index contributed by atoms with van der Waals surface area (Å²) in [6, 6.07) is 0.107. The third-order valence-corrected chi connectivity index (χ3v) is 2.96. The Bertz CT molecular complexity index is 239. The lowest BCUT2D eigenvalue weighted by molar-refractivity contribution is 0.0314. The fraction of sp³-hybridized carbons (Fsp3) is 0.818. The number of likely N-dealkylation sites (N-methyl/N-ethyl adjacent to an activating group) is 1. The molecule has 0 N–H and O–H groups in total. The summed E-state index contributed by atoms with van der Waals surface area (Å²) in [4.78, 5) is 1.93. The van der Waals surface area contributed by atoms with Crippen molar-refractivity contribution < 1.29 is 13.5 Å². The fourth-order valence-corrected chi connectivity index (χ4v) is 1.65. The Kier molecular flexibility index (Phi) is 4.67. The first-order valence-corrected chi connectivity index (χ1v) is 5.39. The number of halogens is 2. The Labute approximate surface area is 89.9 Å². The van der Waals surface area contributed by atoms with E-state index in [2.05, 4.69) is 6.92 Å². The third kappa shape index (κ3) is 3.54. The highest BCUT2D eigenvalue weighted by atomic mass is 19.3. The van der Waals surface area contributed by atoms with Crippen molar-refractivity contribution in [2.45, 2.75) is 38.8 Å². The molecule has 0 bridgehead atoms. The second kappa shape index (κ2) is 5.56. The maximum atomic E-state index is 12.4. The Hall–Kier alpha value is -0.480. The topological polar surface area (TPSA) is 12.5 Å². The predicted octanol–water partition coefficient (Wildman–Crippen LogP) is 2.66. The van der Waals surface area contributed by atoms with Gasteiger partial charge in [-0.25, -0.2) is 0 Å². The van der Waals surface area contributed by atoms with Crippen LogP contribution >= 0.6 is 0 Å². The lowest BCUT2D eigenvalue weighted by atomic mass is 10.2. The minimum absolute atomic E-state index is 0.107. The number of hydrogen-bond acceptors (Lipinski definition) is 2. The van der Waals surface area contributed by atoms with Gasteiger partial charge in [0.05, 0.1) is 12.7 Å². The van der Waals surface area contributed by atoms with Crippen molar-refractivity contribution in [1.29, 1.82) is 0 Å². The average molecular weight is 219 g/mol. The predicted molar refractivity (Wildman–Crippen MR) is 56.0 cm³/mol. The lowest BCUT2D eigenvalue weighted by Gasteiger charge is -2.20. The number of rotatable bonds is 4. The number of nitrogens with zero attached hydrogens (tertiary/aromatic N) is 1. The van der Waals surface area contributed by atoms with Gasteiger partial charge in [0.15, 0.2) is 0 Å². The van der Waals surface area contributed by atoms with Crippen LogP contribution < -0.4 is 0 Å². The van der Waals surface area contributed by atoms with Crippen molar-refractivity contribution in [2.75, 3.05) is 20.2 Å². The van der Waals surface area contributed by atoms with Crippen LogP contribution in [0.2, 0.25) is 0 Å². The summed E-state index contributed by atoms with van der Waals surface area (Å²) in [6.45, 7) is 4.97. The lowest BCUT2D eigenvalue weighted by Crippen LogP contribution is -2.30. The molecule has 1 fully saturated rings. The molecule has 0 saturated carbocycles. The summed E-state index contributed by atoms with van der Waals surface area (Å²) in [5.41, 5.74) is 0.259. The maximum Gasteiger partial charge on any atom is 0.270 e. The number of likely N-dealkylation sites (tertiary alicyclic amines) is 1. The smallest absolute Gasteiger partial charge is 0.270 e. The summed E-state index contributed by atoms with van der Waals surface area (Å²) in [5, 5.41) is 0. The molecular formula is C11H19F2NO. The van der Waals surface area contributed by atoms with Gasteiger partial charge < -0.3 is 4.74 Å².